The Labute approximate surface area is 142 Å². The smallest absolute Gasteiger partial charge is 0.230 e. The van der Waals surface area contributed by atoms with Crippen molar-refractivity contribution in [3.63, 3.8) is 0 Å². The standard InChI is InChI=1S/C19H25NO4/c1-19(2)23-12-15(24-19)16-17-14(9-6-10-20(17)18(16)21)22-11-13-7-4-3-5-8-13/h3-5,7-8,14-17H,6,9-12H2,1-2H3/t14-,15+,16+,17-/m0/s1. The molecule has 3 saturated heterocycles. The summed E-state index contributed by atoms with van der Waals surface area (Å²) in [6.45, 7) is 5.71. The van der Waals surface area contributed by atoms with Crippen molar-refractivity contribution in [1.82, 2.24) is 4.90 Å². The molecule has 5 heteroatoms. The molecule has 24 heavy (non-hydrogen) atoms. The normalized spacial score (nSPS) is 34.8. The third kappa shape index (κ3) is 2.85. The van der Waals surface area contributed by atoms with Crippen molar-refractivity contribution in [2.45, 2.75) is 57.3 Å². The Hall–Kier alpha value is -1.43. The average Bonchev–Trinajstić information content (AvgIpc) is 2.93. The fraction of sp³-hybridized carbons (Fsp3) is 0.632. The van der Waals surface area contributed by atoms with E-state index in [1.165, 1.54) is 5.56 Å². The van der Waals surface area contributed by atoms with Gasteiger partial charge in [0.1, 0.15) is 0 Å². The maximum atomic E-state index is 12.5. The molecule has 3 aliphatic heterocycles. The maximum absolute atomic E-state index is 12.5. The Morgan fingerprint density at radius 3 is 2.79 bits per heavy atom. The number of carbonyl (C=O) groups is 1. The SMILES string of the molecule is CC1(C)OC[C@H]([C@H]2C(=O)N3CCC[C@H](OCc4ccccc4)[C@@H]23)O1. The zero-order valence-electron chi connectivity index (χ0n) is 14.3. The minimum Gasteiger partial charge on any atom is -0.371 e. The van der Waals surface area contributed by atoms with E-state index in [1.54, 1.807) is 0 Å². The molecule has 0 spiro atoms. The van der Waals surface area contributed by atoms with Gasteiger partial charge in [0.15, 0.2) is 5.79 Å². The van der Waals surface area contributed by atoms with Gasteiger partial charge in [0.25, 0.3) is 0 Å². The fourth-order valence-corrected chi connectivity index (χ4v) is 4.15. The third-order valence-corrected chi connectivity index (χ3v) is 5.30. The zero-order chi connectivity index (χ0) is 16.7. The second-order valence-electron chi connectivity index (χ2n) is 7.39. The van der Waals surface area contributed by atoms with Crippen molar-refractivity contribution in [1.29, 1.82) is 0 Å². The van der Waals surface area contributed by atoms with Crippen LogP contribution in [0.2, 0.25) is 0 Å². The molecule has 4 atom stereocenters. The van der Waals surface area contributed by atoms with Gasteiger partial charge in [-0.3, -0.25) is 4.79 Å². The molecule has 3 aliphatic rings. The van der Waals surface area contributed by atoms with Gasteiger partial charge in [0, 0.05) is 6.54 Å². The number of nitrogens with zero attached hydrogens (tertiary/aromatic N) is 1. The van der Waals surface area contributed by atoms with Crippen LogP contribution in [0.25, 0.3) is 0 Å². The summed E-state index contributed by atoms with van der Waals surface area (Å²) in [7, 11) is 0. The number of hydrogen-bond acceptors (Lipinski definition) is 4. The monoisotopic (exact) mass is 331 g/mol. The van der Waals surface area contributed by atoms with Crippen LogP contribution in [0.1, 0.15) is 32.3 Å². The molecule has 1 amide bonds. The molecule has 130 valence electrons. The Bertz CT molecular complexity index is 603. The molecule has 0 aliphatic carbocycles. The van der Waals surface area contributed by atoms with Crippen molar-refractivity contribution < 1.29 is 19.0 Å². The van der Waals surface area contributed by atoms with Gasteiger partial charge in [0.2, 0.25) is 5.91 Å². The van der Waals surface area contributed by atoms with Crippen LogP contribution in [0.15, 0.2) is 30.3 Å². The fourth-order valence-electron chi connectivity index (χ4n) is 4.15. The number of amides is 1. The highest BCUT2D eigenvalue weighted by atomic mass is 16.7. The Balaban J connectivity index is 1.44. The second kappa shape index (κ2) is 6.14. The summed E-state index contributed by atoms with van der Waals surface area (Å²) in [4.78, 5) is 14.5. The lowest BCUT2D eigenvalue weighted by Gasteiger charge is -2.54. The zero-order valence-corrected chi connectivity index (χ0v) is 14.3. The van der Waals surface area contributed by atoms with E-state index in [-0.39, 0.29) is 30.1 Å². The van der Waals surface area contributed by atoms with Gasteiger partial charge >= 0.3 is 0 Å². The average molecular weight is 331 g/mol. The van der Waals surface area contributed by atoms with Crippen LogP contribution in [0.4, 0.5) is 0 Å². The van der Waals surface area contributed by atoms with E-state index in [9.17, 15) is 4.79 Å². The number of fused-ring (bicyclic) bond motifs is 1. The van der Waals surface area contributed by atoms with Crippen molar-refractivity contribution >= 4 is 5.91 Å². The Kier molecular flexibility index (Phi) is 4.11. The molecular weight excluding hydrogens is 306 g/mol. The molecule has 1 aromatic rings. The summed E-state index contributed by atoms with van der Waals surface area (Å²) in [6.07, 6.45) is 1.92. The van der Waals surface area contributed by atoms with Crippen molar-refractivity contribution in [3.8, 4) is 0 Å². The first-order valence-corrected chi connectivity index (χ1v) is 8.83. The lowest BCUT2D eigenvalue weighted by Crippen LogP contribution is -2.71. The second-order valence-corrected chi connectivity index (χ2v) is 7.39. The molecular formula is C19H25NO4. The molecule has 3 fully saturated rings. The number of hydrogen-bond donors (Lipinski definition) is 0. The number of benzene rings is 1. The van der Waals surface area contributed by atoms with E-state index in [0.717, 1.165) is 19.4 Å². The van der Waals surface area contributed by atoms with Gasteiger partial charge in [-0.2, -0.15) is 0 Å². The van der Waals surface area contributed by atoms with Gasteiger partial charge in [-0.05, 0) is 32.3 Å². The van der Waals surface area contributed by atoms with Crippen LogP contribution >= 0.6 is 0 Å². The van der Waals surface area contributed by atoms with E-state index in [0.29, 0.717) is 13.2 Å². The Morgan fingerprint density at radius 2 is 2.08 bits per heavy atom. The molecule has 4 rings (SSSR count). The van der Waals surface area contributed by atoms with Crippen LogP contribution in [-0.2, 0) is 25.6 Å². The summed E-state index contributed by atoms with van der Waals surface area (Å²) in [5.41, 5.74) is 1.17. The van der Waals surface area contributed by atoms with Crippen molar-refractivity contribution in [2.75, 3.05) is 13.2 Å². The van der Waals surface area contributed by atoms with Crippen LogP contribution in [0, 0.1) is 5.92 Å². The van der Waals surface area contributed by atoms with E-state index < -0.39 is 5.79 Å². The van der Waals surface area contributed by atoms with Crippen molar-refractivity contribution in [3.05, 3.63) is 35.9 Å². The Morgan fingerprint density at radius 1 is 1.29 bits per heavy atom. The quantitative estimate of drug-likeness (QED) is 0.795. The van der Waals surface area contributed by atoms with Gasteiger partial charge in [0.05, 0.1) is 37.4 Å². The minimum absolute atomic E-state index is 0.0777. The molecule has 0 unspecified atom stereocenters. The molecule has 0 bridgehead atoms. The number of rotatable bonds is 4. The topological polar surface area (TPSA) is 48.0 Å². The lowest BCUT2D eigenvalue weighted by molar-refractivity contribution is -0.197. The van der Waals surface area contributed by atoms with E-state index in [2.05, 4.69) is 12.1 Å². The van der Waals surface area contributed by atoms with Gasteiger partial charge in [-0.15, -0.1) is 0 Å². The predicted molar refractivity (Wildman–Crippen MR) is 88.1 cm³/mol. The molecule has 0 saturated carbocycles. The summed E-state index contributed by atoms with van der Waals surface area (Å²) in [5, 5.41) is 0. The van der Waals surface area contributed by atoms with E-state index in [4.69, 9.17) is 14.2 Å². The van der Waals surface area contributed by atoms with Crippen LogP contribution in [-0.4, -0.2) is 48.0 Å². The van der Waals surface area contributed by atoms with Crippen LogP contribution in [0.5, 0.6) is 0 Å². The first kappa shape index (κ1) is 16.1. The molecule has 0 radical (unpaired) electrons. The van der Waals surface area contributed by atoms with Gasteiger partial charge < -0.3 is 19.1 Å². The van der Waals surface area contributed by atoms with Crippen LogP contribution < -0.4 is 0 Å². The van der Waals surface area contributed by atoms with Crippen molar-refractivity contribution in [2.24, 2.45) is 5.92 Å². The highest BCUT2D eigenvalue weighted by molar-refractivity contribution is 5.87. The van der Waals surface area contributed by atoms with E-state index in [1.807, 2.05) is 36.9 Å². The molecule has 0 N–H and O–H groups in total. The first-order valence-electron chi connectivity index (χ1n) is 8.83. The van der Waals surface area contributed by atoms with Gasteiger partial charge in [-0.25, -0.2) is 0 Å². The molecule has 3 heterocycles. The largest absolute Gasteiger partial charge is 0.371 e. The summed E-state index contributed by atoms with van der Waals surface area (Å²) in [6, 6.07) is 10.3. The summed E-state index contributed by atoms with van der Waals surface area (Å²) in [5.74, 6) is -0.535. The highest BCUT2D eigenvalue weighted by Gasteiger charge is 2.58. The highest BCUT2D eigenvalue weighted by Crippen LogP contribution is 2.42. The summed E-state index contributed by atoms with van der Waals surface area (Å²) < 4.78 is 17.8. The number of β-lactam (4-membered cyclic amide) rings is 1. The number of piperidine rings is 1. The molecule has 0 aromatic heterocycles. The maximum Gasteiger partial charge on any atom is 0.230 e. The van der Waals surface area contributed by atoms with Gasteiger partial charge in [-0.1, -0.05) is 30.3 Å². The molecule has 1 aromatic carbocycles. The minimum atomic E-state index is -0.597. The molecule has 5 nitrogen and oxygen atoms in total. The third-order valence-electron chi connectivity index (χ3n) is 5.30. The van der Waals surface area contributed by atoms with Crippen LogP contribution in [0.3, 0.4) is 0 Å². The lowest BCUT2D eigenvalue weighted by atomic mass is 9.76. The summed E-state index contributed by atoms with van der Waals surface area (Å²) >= 11 is 0. The predicted octanol–water partition coefficient (Wildman–Crippen LogP) is 2.34. The van der Waals surface area contributed by atoms with E-state index >= 15 is 0 Å². The first-order chi connectivity index (χ1) is 11.6. The number of ether oxygens (including phenoxy) is 3. The number of carbonyl (C=O) groups excluding carboxylic acids is 1.